The van der Waals surface area contributed by atoms with Crippen molar-refractivity contribution in [2.24, 2.45) is 0 Å². The minimum absolute atomic E-state index is 0.160. The number of aromatic nitrogens is 1. The molecule has 0 aliphatic carbocycles. The standard InChI is InChI=1S/C21H14F3N3O2S/c22-21(23,24)16-5-7-17(8-6-16)30(28,29)27-10-9-18-19(12-26-13-20(18)27)15-3-1-14(11-25)2-4-15/h1-8,12-13H,9-10H2. The first-order valence-electron chi connectivity index (χ1n) is 8.89. The average Bonchev–Trinajstić information content (AvgIpc) is 3.18. The molecule has 30 heavy (non-hydrogen) atoms. The van der Waals surface area contributed by atoms with Crippen molar-refractivity contribution in [1.82, 2.24) is 4.98 Å². The molecule has 0 saturated heterocycles. The zero-order valence-electron chi connectivity index (χ0n) is 15.4. The van der Waals surface area contributed by atoms with Crippen LogP contribution in [0.2, 0.25) is 0 Å². The number of hydrogen-bond acceptors (Lipinski definition) is 4. The van der Waals surface area contributed by atoms with Crippen molar-refractivity contribution in [3.05, 3.63) is 77.6 Å². The molecule has 152 valence electrons. The molecular formula is C21H14F3N3O2S. The van der Waals surface area contributed by atoms with Crippen LogP contribution in [0.4, 0.5) is 18.9 Å². The second-order valence-electron chi connectivity index (χ2n) is 6.72. The maximum Gasteiger partial charge on any atom is 0.416 e. The summed E-state index contributed by atoms with van der Waals surface area (Å²) in [4.78, 5) is 3.94. The number of pyridine rings is 1. The van der Waals surface area contributed by atoms with E-state index in [1.807, 2.05) is 6.07 Å². The van der Waals surface area contributed by atoms with Gasteiger partial charge in [-0.1, -0.05) is 12.1 Å². The Morgan fingerprint density at radius 3 is 2.27 bits per heavy atom. The van der Waals surface area contributed by atoms with E-state index in [2.05, 4.69) is 4.98 Å². The lowest BCUT2D eigenvalue weighted by Gasteiger charge is -2.20. The second-order valence-corrected chi connectivity index (χ2v) is 8.59. The van der Waals surface area contributed by atoms with E-state index in [0.29, 0.717) is 17.7 Å². The van der Waals surface area contributed by atoms with E-state index >= 15 is 0 Å². The molecule has 5 nitrogen and oxygen atoms in total. The molecule has 0 N–H and O–H groups in total. The van der Waals surface area contributed by atoms with Crippen molar-refractivity contribution in [3.8, 4) is 17.2 Å². The molecule has 0 bridgehead atoms. The van der Waals surface area contributed by atoms with Crippen LogP contribution in [0, 0.1) is 11.3 Å². The van der Waals surface area contributed by atoms with Crippen LogP contribution in [0.1, 0.15) is 16.7 Å². The highest BCUT2D eigenvalue weighted by Gasteiger charge is 2.34. The van der Waals surface area contributed by atoms with Gasteiger partial charge < -0.3 is 0 Å². The summed E-state index contributed by atoms with van der Waals surface area (Å²) in [5.74, 6) is 0. The molecule has 0 saturated carbocycles. The molecule has 3 aromatic rings. The number of rotatable bonds is 3. The van der Waals surface area contributed by atoms with Crippen molar-refractivity contribution < 1.29 is 21.6 Å². The Hall–Kier alpha value is -3.38. The van der Waals surface area contributed by atoms with Gasteiger partial charge in [0.1, 0.15) is 0 Å². The lowest BCUT2D eigenvalue weighted by atomic mass is 9.99. The van der Waals surface area contributed by atoms with Crippen molar-refractivity contribution in [2.75, 3.05) is 10.8 Å². The van der Waals surface area contributed by atoms with Crippen molar-refractivity contribution in [1.29, 1.82) is 5.26 Å². The first-order valence-corrected chi connectivity index (χ1v) is 10.3. The summed E-state index contributed by atoms with van der Waals surface area (Å²) in [6.07, 6.45) is -1.03. The van der Waals surface area contributed by atoms with E-state index in [0.717, 1.165) is 41.0 Å². The molecule has 0 radical (unpaired) electrons. The van der Waals surface area contributed by atoms with Gasteiger partial charge in [0.2, 0.25) is 0 Å². The van der Waals surface area contributed by atoms with E-state index in [9.17, 15) is 21.6 Å². The zero-order valence-corrected chi connectivity index (χ0v) is 16.2. The Morgan fingerprint density at radius 1 is 1.00 bits per heavy atom. The minimum atomic E-state index is -4.54. The Kier molecular flexibility index (Phi) is 4.74. The number of hydrogen-bond donors (Lipinski definition) is 0. The van der Waals surface area contributed by atoms with Crippen LogP contribution in [0.25, 0.3) is 11.1 Å². The van der Waals surface area contributed by atoms with E-state index in [-0.39, 0.29) is 11.4 Å². The van der Waals surface area contributed by atoms with E-state index in [1.165, 1.54) is 10.5 Å². The third-order valence-electron chi connectivity index (χ3n) is 4.96. The number of fused-ring (bicyclic) bond motifs is 1. The van der Waals surface area contributed by atoms with Crippen LogP contribution in [0.5, 0.6) is 0 Å². The highest BCUT2D eigenvalue weighted by atomic mass is 32.2. The third kappa shape index (κ3) is 3.39. The molecule has 2 heterocycles. The van der Waals surface area contributed by atoms with Gasteiger partial charge in [-0.05, 0) is 53.9 Å². The fraction of sp³-hybridized carbons (Fsp3) is 0.143. The van der Waals surface area contributed by atoms with E-state index in [4.69, 9.17) is 5.26 Å². The van der Waals surface area contributed by atoms with E-state index < -0.39 is 21.8 Å². The van der Waals surface area contributed by atoms with Crippen LogP contribution in [-0.4, -0.2) is 19.9 Å². The summed E-state index contributed by atoms with van der Waals surface area (Å²) in [6, 6.07) is 12.4. The van der Waals surface area contributed by atoms with Gasteiger partial charge in [-0.25, -0.2) is 8.42 Å². The summed E-state index contributed by atoms with van der Waals surface area (Å²) in [5, 5.41) is 8.95. The summed E-state index contributed by atoms with van der Waals surface area (Å²) in [5.41, 5.74) is 2.33. The summed E-state index contributed by atoms with van der Waals surface area (Å²) < 4.78 is 65.7. The molecule has 1 aliphatic heterocycles. The number of alkyl halides is 3. The fourth-order valence-corrected chi connectivity index (χ4v) is 4.94. The predicted octanol–water partition coefficient (Wildman–Crippen LogP) is 4.39. The maximum absolute atomic E-state index is 13.1. The quantitative estimate of drug-likeness (QED) is 0.619. The fourth-order valence-electron chi connectivity index (χ4n) is 3.45. The Bertz CT molecular complexity index is 1250. The van der Waals surface area contributed by atoms with Crippen LogP contribution in [0.3, 0.4) is 0 Å². The molecule has 1 aromatic heterocycles. The summed E-state index contributed by atoms with van der Waals surface area (Å²) in [7, 11) is -4.04. The Labute approximate surface area is 171 Å². The van der Waals surface area contributed by atoms with Crippen molar-refractivity contribution >= 4 is 15.7 Å². The predicted molar refractivity (Wildman–Crippen MR) is 104 cm³/mol. The maximum atomic E-state index is 13.1. The highest BCUT2D eigenvalue weighted by molar-refractivity contribution is 7.92. The van der Waals surface area contributed by atoms with Crippen LogP contribution in [0.15, 0.2) is 65.8 Å². The first kappa shape index (κ1) is 19.9. The molecule has 0 atom stereocenters. The smallest absolute Gasteiger partial charge is 0.264 e. The van der Waals surface area contributed by atoms with Crippen LogP contribution < -0.4 is 4.31 Å². The van der Waals surface area contributed by atoms with Crippen LogP contribution in [-0.2, 0) is 22.6 Å². The van der Waals surface area contributed by atoms with Gasteiger partial charge in [-0.3, -0.25) is 9.29 Å². The van der Waals surface area contributed by atoms with Gasteiger partial charge in [-0.2, -0.15) is 18.4 Å². The van der Waals surface area contributed by atoms with Crippen LogP contribution >= 0.6 is 0 Å². The highest BCUT2D eigenvalue weighted by Crippen LogP contribution is 2.38. The monoisotopic (exact) mass is 429 g/mol. The molecular weight excluding hydrogens is 415 g/mol. The molecule has 1 aliphatic rings. The molecule has 2 aromatic carbocycles. The number of anilines is 1. The molecule has 0 spiro atoms. The number of benzene rings is 2. The van der Waals surface area contributed by atoms with Gasteiger partial charge in [0.05, 0.1) is 34.0 Å². The van der Waals surface area contributed by atoms with Gasteiger partial charge in [0.25, 0.3) is 10.0 Å². The molecule has 9 heteroatoms. The van der Waals surface area contributed by atoms with Gasteiger partial charge in [0, 0.05) is 18.3 Å². The van der Waals surface area contributed by atoms with Crippen molar-refractivity contribution in [2.45, 2.75) is 17.5 Å². The zero-order chi connectivity index (χ0) is 21.5. The summed E-state index contributed by atoms with van der Waals surface area (Å²) >= 11 is 0. The van der Waals surface area contributed by atoms with E-state index in [1.54, 1.807) is 30.5 Å². The molecule has 0 unspecified atom stereocenters. The lowest BCUT2D eigenvalue weighted by molar-refractivity contribution is -0.137. The number of sulfonamides is 1. The largest absolute Gasteiger partial charge is 0.416 e. The minimum Gasteiger partial charge on any atom is -0.264 e. The number of nitrogens with zero attached hydrogens (tertiary/aromatic N) is 3. The molecule has 0 amide bonds. The van der Waals surface area contributed by atoms with Crippen molar-refractivity contribution in [3.63, 3.8) is 0 Å². The Morgan fingerprint density at radius 2 is 1.67 bits per heavy atom. The normalized spacial score (nSPS) is 13.7. The van der Waals surface area contributed by atoms with Gasteiger partial charge in [0.15, 0.2) is 0 Å². The summed E-state index contributed by atoms with van der Waals surface area (Å²) in [6.45, 7) is 0.160. The molecule has 4 rings (SSSR count). The SMILES string of the molecule is N#Cc1ccc(-c2cncc3c2CCN3S(=O)(=O)c2ccc(C(F)(F)F)cc2)cc1. The topological polar surface area (TPSA) is 74.1 Å². The van der Waals surface area contributed by atoms with Gasteiger partial charge in [-0.15, -0.1) is 0 Å². The number of halogens is 3. The third-order valence-corrected chi connectivity index (χ3v) is 6.79. The molecule has 0 fully saturated rings. The lowest BCUT2D eigenvalue weighted by Crippen LogP contribution is -2.29. The van der Waals surface area contributed by atoms with Gasteiger partial charge >= 0.3 is 6.18 Å². The second kappa shape index (κ2) is 7.15. The average molecular weight is 429 g/mol. The Balaban J connectivity index is 1.72. The first-order chi connectivity index (χ1) is 14.2. The number of nitriles is 1.